The van der Waals surface area contributed by atoms with Crippen molar-refractivity contribution in [2.45, 2.75) is 51.0 Å². The lowest BCUT2D eigenvalue weighted by Crippen LogP contribution is -2.37. The van der Waals surface area contributed by atoms with E-state index in [1.165, 1.54) is 24.6 Å². The summed E-state index contributed by atoms with van der Waals surface area (Å²) in [5.74, 6) is -0.224. The van der Waals surface area contributed by atoms with Gasteiger partial charge in [0.25, 0.3) is 5.91 Å². The second-order valence-electron chi connectivity index (χ2n) is 8.50. The zero-order valence-electron chi connectivity index (χ0n) is 17.8. The van der Waals surface area contributed by atoms with E-state index >= 15 is 0 Å². The highest BCUT2D eigenvalue weighted by molar-refractivity contribution is 6.04. The molecule has 1 heterocycles. The van der Waals surface area contributed by atoms with Gasteiger partial charge < -0.3 is 10.2 Å². The van der Waals surface area contributed by atoms with Gasteiger partial charge in [-0.05, 0) is 73.1 Å². The zero-order valence-corrected chi connectivity index (χ0v) is 17.8. The molecular weight excluding hydrogens is 391 g/mol. The fourth-order valence-electron chi connectivity index (χ4n) is 5.01. The van der Waals surface area contributed by atoms with Crippen molar-refractivity contribution >= 4 is 17.5 Å². The molecule has 1 aliphatic carbocycles. The number of anilines is 1. The van der Waals surface area contributed by atoms with Gasteiger partial charge in [0.05, 0.1) is 6.04 Å². The smallest absolute Gasteiger partial charge is 0.252 e. The minimum absolute atomic E-state index is 0.135. The molecule has 1 N–H and O–H groups in total. The summed E-state index contributed by atoms with van der Waals surface area (Å²) in [6.45, 7) is 4.23. The number of nitrogens with one attached hydrogen (secondary N) is 1. The molecule has 2 aliphatic rings. The standard InChI is InChI=1S/C26H29FN2O2/c1-2-24(30)29-17-7-11-21-22(10-6-12-23(21)29)26(31)28-25(18-8-4-3-5-9-18)19-13-15-20(27)16-14-19/h2,6,10,12-16,18,25H,1,3-5,7-9,11,17H2,(H,28,31). The number of rotatable bonds is 5. The topological polar surface area (TPSA) is 49.4 Å². The largest absolute Gasteiger partial charge is 0.345 e. The van der Waals surface area contributed by atoms with Crippen LogP contribution in [0.1, 0.15) is 66.1 Å². The summed E-state index contributed by atoms with van der Waals surface area (Å²) in [6, 6.07) is 11.9. The van der Waals surface area contributed by atoms with Gasteiger partial charge in [0, 0.05) is 17.8 Å². The van der Waals surface area contributed by atoms with E-state index in [0.717, 1.165) is 55.3 Å². The first-order valence-corrected chi connectivity index (χ1v) is 11.2. The maximum absolute atomic E-state index is 13.5. The summed E-state index contributed by atoms with van der Waals surface area (Å²) in [6.07, 6.45) is 8.50. The number of hydrogen-bond donors (Lipinski definition) is 1. The van der Waals surface area contributed by atoms with Crippen molar-refractivity contribution in [3.63, 3.8) is 0 Å². The van der Waals surface area contributed by atoms with Gasteiger partial charge in [0.2, 0.25) is 5.91 Å². The van der Waals surface area contributed by atoms with Gasteiger partial charge in [0.1, 0.15) is 5.82 Å². The Morgan fingerprint density at radius 2 is 1.81 bits per heavy atom. The molecule has 2 aromatic rings. The van der Waals surface area contributed by atoms with Crippen LogP contribution in [0.25, 0.3) is 0 Å². The average Bonchev–Trinajstić information content (AvgIpc) is 2.82. The molecule has 0 spiro atoms. The fourth-order valence-corrected chi connectivity index (χ4v) is 5.01. The molecule has 4 nitrogen and oxygen atoms in total. The van der Waals surface area contributed by atoms with Gasteiger partial charge in [-0.3, -0.25) is 9.59 Å². The predicted octanol–water partition coefficient (Wildman–Crippen LogP) is 5.34. The summed E-state index contributed by atoms with van der Waals surface area (Å²) in [5, 5.41) is 3.26. The first kappa shape index (κ1) is 21.3. The first-order valence-electron chi connectivity index (χ1n) is 11.2. The molecule has 2 aromatic carbocycles. The lowest BCUT2D eigenvalue weighted by atomic mass is 9.81. The Labute approximate surface area is 183 Å². The Bertz CT molecular complexity index is 964. The van der Waals surface area contributed by atoms with Crippen molar-refractivity contribution in [3.8, 4) is 0 Å². The van der Waals surface area contributed by atoms with Crippen molar-refractivity contribution in [1.82, 2.24) is 5.32 Å². The monoisotopic (exact) mass is 420 g/mol. The van der Waals surface area contributed by atoms with Gasteiger partial charge >= 0.3 is 0 Å². The predicted molar refractivity (Wildman–Crippen MR) is 120 cm³/mol. The number of benzene rings is 2. The van der Waals surface area contributed by atoms with Crippen LogP contribution >= 0.6 is 0 Å². The zero-order chi connectivity index (χ0) is 21.8. The molecule has 0 bridgehead atoms. The van der Waals surface area contributed by atoms with E-state index < -0.39 is 0 Å². The van der Waals surface area contributed by atoms with Crippen molar-refractivity contribution in [2.24, 2.45) is 5.92 Å². The van der Waals surface area contributed by atoms with Crippen molar-refractivity contribution in [3.05, 3.63) is 77.6 Å². The van der Waals surface area contributed by atoms with Gasteiger partial charge in [-0.1, -0.05) is 44.0 Å². The van der Waals surface area contributed by atoms with E-state index in [4.69, 9.17) is 0 Å². The number of halogens is 1. The number of hydrogen-bond acceptors (Lipinski definition) is 2. The molecule has 4 rings (SSSR count). The lowest BCUT2D eigenvalue weighted by molar-refractivity contribution is -0.114. The van der Waals surface area contributed by atoms with E-state index in [2.05, 4.69) is 11.9 Å². The van der Waals surface area contributed by atoms with Crippen LogP contribution in [0.4, 0.5) is 10.1 Å². The van der Waals surface area contributed by atoms with E-state index in [-0.39, 0.29) is 23.7 Å². The summed E-state index contributed by atoms with van der Waals surface area (Å²) < 4.78 is 13.5. The van der Waals surface area contributed by atoms with E-state index in [1.807, 2.05) is 18.2 Å². The fraction of sp³-hybridized carbons (Fsp3) is 0.385. The SMILES string of the molecule is C=CC(=O)N1CCCc2c(C(=O)NC(c3ccc(F)cc3)C3CCCCC3)cccc21. The van der Waals surface area contributed by atoms with Crippen LogP contribution in [0.3, 0.4) is 0 Å². The van der Waals surface area contributed by atoms with Crippen LogP contribution in [0.2, 0.25) is 0 Å². The lowest BCUT2D eigenvalue weighted by Gasteiger charge is -2.33. The third kappa shape index (κ3) is 4.55. The van der Waals surface area contributed by atoms with Gasteiger partial charge in [-0.2, -0.15) is 0 Å². The summed E-state index contributed by atoms with van der Waals surface area (Å²) >= 11 is 0. The number of nitrogens with zero attached hydrogens (tertiary/aromatic N) is 1. The Hall–Kier alpha value is -2.95. The van der Waals surface area contributed by atoms with Crippen LogP contribution in [0.5, 0.6) is 0 Å². The van der Waals surface area contributed by atoms with Crippen molar-refractivity contribution < 1.29 is 14.0 Å². The van der Waals surface area contributed by atoms with E-state index in [1.54, 1.807) is 17.0 Å². The molecule has 0 radical (unpaired) electrons. The number of fused-ring (bicyclic) bond motifs is 1. The molecule has 1 fully saturated rings. The summed E-state index contributed by atoms with van der Waals surface area (Å²) in [5.41, 5.74) is 3.25. The molecule has 0 saturated heterocycles. The van der Waals surface area contributed by atoms with Crippen molar-refractivity contribution in [1.29, 1.82) is 0 Å². The van der Waals surface area contributed by atoms with Crippen LogP contribution in [0, 0.1) is 11.7 Å². The molecule has 1 unspecified atom stereocenters. The number of amides is 2. The highest BCUT2D eigenvalue weighted by Gasteiger charge is 2.29. The van der Waals surface area contributed by atoms with Crippen LogP contribution in [-0.2, 0) is 11.2 Å². The molecule has 162 valence electrons. The Morgan fingerprint density at radius 1 is 1.06 bits per heavy atom. The van der Waals surface area contributed by atoms with Gasteiger partial charge in [-0.15, -0.1) is 0 Å². The average molecular weight is 421 g/mol. The molecule has 2 amide bonds. The summed E-state index contributed by atoms with van der Waals surface area (Å²) in [4.78, 5) is 27.4. The number of carbonyl (C=O) groups excluding carboxylic acids is 2. The highest BCUT2D eigenvalue weighted by Crippen LogP contribution is 2.36. The quantitative estimate of drug-likeness (QED) is 0.664. The third-order valence-corrected chi connectivity index (χ3v) is 6.57. The minimum Gasteiger partial charge on any atom is -0.345 e. The third-order valence-electron chi connectivity index (χ3n) is 6.57. The van der Waals surface area contributed by atoms with Gasteiger partial charge in [0.15, 0.2) is 0 Å². The maximum atomic E-state index is 13.5. The molecule has 5 heteroatoms. The maximum Gasteiger partial charge on any atom is 0.252 e. The molecule has 0 aromatic heterocycles. The normalized spacial score (nSPS) is 17.5. The van der Waals surface area contributed by atoms with E-state index in [9.17, 15) is 14.0 Å². The van der Waals surface area contributed by atoms with Crippen LogP contribution < -0.4 is 10.2 Å². The first-order chi connectivity index (χ1) is 15.1. The van der Waals surface area contributed by atoms with Gasteiger partial charge in [-0.25, -0.2) is 4.39 Å². The molecule has 1 atom stereocenters. The molecule has 1 aliphatic heterocycles. The second kappa shape index (κ2) is 9.46. The van der Waals surface area contributed by atoms with E-state index in [0.29, 0.717) is 18.0 Å². The number of carbonyl (C=O) groups is 2. The minimum atomic E-state index is -0.276. The Kier molecular flexibility index (Phi) is 6.50. The van der Waals surface area contributed by atoms with Crippen LogP contribution in [0.15, 0.2) is 55.1 Å². The molecule has 31 heavy (non-hydrogen) atoms. The van der Waals surface area contributed by atoms with Crippen LogP contribution in [-0.4, -0.2) is 18.4 Å². The summed E-state index contributed by atoms with van der Waals surface area (Å²) in [7, 11) is 0. The Morgan fingerprint density at radius 3 is 2.52 bits per heavy atom. The highest BCUT2D eigenvalue weighted by atomic mass is 19.1. The van der Waals surface area contributed by atoms with Crippen molar-refractivity contribution in [2.75, 3.05) is 11.4 Å². The second-order valence-corrected chi connectivity index (χ2v) is 8.50. The Balaban J connectivity index is 1.64. The molecule has 1 saturated carbocycles. The molecular formula is C26H29FN2O2.